The first-order valence-electron chi connectivity index (χ1n) is 13.3. The number of aromatic nitrogens is 3. The van der Waals surface area contributed by atoms with Crippen LogP contribution in [0.3, 0.4) is 0 Å². The molecule has 38 heavy (non-hydrogen) atoms. The van der Waals surface area contributed by atoms with Crippen LogP contribution < -0.4 is 4.74 Å². The van der Waals surface area contributed by atoms with Crippen molar-refractivity contribution >= 4 is 23.1 Å². The van der Waals surface area contributed by atoms with Gasteiger partial charge in [-0.25, -0.2) is 9.48 Å². The second kappa shape index (κ2) is 11.8. The van der Waals surface area contributed by atoms with Gasteiger partial charge in [0.2, 0.25) is 0 Å². The number of carbonyl (C=O) groups excluding carboxylic acids is 2. The van der Waals surface area contributed by atoms with E-state index in [-0.39, 0.29) is 30.5 Å². The van der Waals surface area contributed by atoms with Crippen LogP contribution in [0.1, 0.15) is 72.8 Å². The molecule has 0 radical (unpaired) electrons. The zero-order valence-electron chi connectivity index (χ0n) is 23.2. The van der Waals surface area contributed by atoms with Crippen LogP contribution in [-0.4, -0.2) is 58.8 Å². The number of nitrogens with zero attached hydrogens (tertiary/aromatic N) is 4. The highest BCUT2D eigenvalue weighted by Crippen LogP contribution is 2.39. The second-order valence-electron chi connectivity index (χ2n) is 10.1. The number of esters is 1. The molecule has 1 atom stereocenters. The molecule has 1 amide bonds. The summed E-state index contributed by atoms with van der Waals surface area (Å²) in [6, 6.07) is 8.10. The summed E-state index contributed by atoms with van der Waals surface area (Å²) in [5.74, 6) is -0.00674. The normalized spacial score (nSPS) is 14.5. The van der Waals surface area contributed by atoms with E-state index in [9.17, 15) is 9.59 Å². The minimum Gasteiger partial charge on any atom is -0.494 e. The Balaban J connectivity index is 1.77. The van der Waals surface area contributed by atoms with Crippen molar-refractivity contribution < 1.29 is 23.8 Å². The lowest BCUT2D eigenvalue weighted by molar-refractivity contribution is -0.143. The van der Waals surface area contributed by atoms with Crippen molar-refractivity contribution in [1.82, 2.24) is 19.9 Å². The van der Waals surface area contributed by atoms with Crippen molar-refractivity contribution in [2.45, 2.75) is 71.4 Å². The predicted octanol–water partition coefficient (Wildman–Crippen LogP) is 5.19. The third-order valence-corrected chi connectivity index (χ3v) is 7.37. The third kappa shape index (κ3) is 5.76. The second-order valence-corrected chi connectivity index (χ2v) is 10.1. The van der Waals surface area contributed by atoms with Gasteiger partial charge in [-0.15, -0.1) is 5.10 Å². The van der Waals surface area contributed by atoms with Gasteiger partial charge in [-0.05, 0) is 74.8 Å². The summed E-state index contributed by atoms with van der Waals surface area (Å²) in [7, 11) is 5.19. The van der Waals surface area contributed by atoms with Gasteiger partial charge in [0, 0.05) is 26.6 Å². The summed E-state index contributed by atoms with van der Waals surface area (Å²) < 4.78 is 18.5. The molecule has 0 N–H and O–H groups in total. The molecule has 204 valence electrons. The van der Waals surface area contributed by atoms with Gasteiger partial charge in [-0.3, -0.25) is 4.79 Å². The molecule has 3 aromatic rings. The molecule has 2 aromatic carbocycles. The van der Waals surface area contributed by atoms with E-state index in [1.54, 1.807) is 30.7 Å². The van der Waals surface area contributed by atoms with Crippen LogP contribution >= 0.6 is 0 Å². The Kier molecular flexibility index (Phi) is 8.54. The van der Waals surface area contributed by atoms with Crippen LogP contribution in [0.15, 0.2) is 24.3 Å². The van der Waals surface area contributed by atoms with Gasteiger partial charge in [0.15, 0.2) is 0 Å². The van der Waals surface area contributed by atoms with Crippen molar-refractivity contribution in [3.05, 3.63) is 52.1 Å². The quantitative estimate of drug-likeness (QED) is 0.357. The number of aryl methyl sites for hydroxylation is 3. The Morgan fingerprint density at radius 1 is 1.16 bits per heavy atom. The van der Waals surface area contributed by atoms with Crippen LogP contribution in [0.25, 0.3) is 11.0 Å². The van der Waals surface area contributed by atoms with E-state index in [4.69, 9.17) is 14.2 Å². The molecule has 1 fully saturated rings. The van der Waals surface area contributed by atoms with Gasteiger partial charge in [-0.1, -0.05) is 29.0 Å². The molecule has 0 aliphatic heterocycles. The summed E-state index contributed by atoms with van der Waals surface area (Å²) in [4.78, 5) is 27.4. The minimum absolute atomic E-state index is 0.00711. The summed E-state index contributed by atoms with van der Waals surface area (Å²) in [6.45, 7) is 6.46. The fourth-order valence-corrected chi connectivity index (χ4v) is 5.40. The Morgan fingerprint density at radius 2 is 1.89 bits per heavy atom. The van der Waals surface area contributed by atoms with Gasteiger partial charge >= 0.3 is 12.1 Å². The number of hydrogen-bond donors (Lipinski definition) is 0. The van der Waals surface area contributed by atoms with Crippen molar-refractivity contribution in [3.8, 4) is 5.75 Å². The van der Waals surface area contributed by atoms with E-state index >= 15 is 0 Å². The van der Waals surface area contributed by atoms with Crippen molar-refractivity contribution in [2.75, 3.05) is 20.8 Å². The molecule has 9 heteroatoms. The lowest BCUT2D eigenvalue weighted by atomic mass is 9.82. The average Bonchev–Trinajstić information content (AvgIpc) is 3.54. The standard InChI is InChI=1S/C29H38N4O5/c1-7-37-26(34)16-24(23-15-25(36-6)28-27(19(23)3)30-31-33(28)5)22-13-12-18(2)14-20(22)17-32(4)29(35)38-21-10-8-9-11-21/h12-15,21,24H,7-11,16-17H2,1-6H3. The molecule has 4 rings (SSSR count). The van der Waals surface area contributed by atoms with Crippen LogP contribution in [0.4, 0.5) is 4.79 Å². The predicted molar refractivity (Wildman–Crippen MR) is 144 cm³/mol. The fourth-order valence-electron chi connectivity index (χ4n) is 5.40. The Bertz CT molecular complexity index is 1310. The van der Waals surface area contributed by atoms with Gasteiger partial charge in [-0.2, -0.15) is 0 Å². The van der Waals surface area contributed by atoms with E-state index < -0.39 is 0 Å². The SMILES string of the molecule is CCOC(=O)CC(c1ccc(C)cc1CN(C)C(=O)OC1CCCC1)c1cc(OC)c2c(nnn2C)c1C. The van der Waals surface area contributed by atoms with E-state index in [0.717, 1.165) is 64.5 Å². The van der Waals surface area contributed by atoms with E-state index in [1.807, 2.05) is 39.1 Å². The number of carbonyl (C=O) groups is 2. The lowest BCUT2D eigenvalue weighted by Crippen LogP contribution is -2.30. The first-order chi connectivity index (χ1) is 18.2. The van der Waals surface area contributed by atoms with Crippen molar-refractivity contribution in [1.29, 1.82) is 0 Å². The highest BCUT2D eigenvalue weighted by Gasteiger charge is 2.28. The molecule has 0 bridgehead atoms. The molecule has 1 unspecified atom stereocenters. The number of fused-ring (bicyclic) bond motifs is 1. The molecule has 9 nitrogen and oxygen atoms in total. The molecule has 1 heterocycles. The van der Waals surface area contributed by atoms with Crippen LogP contribution in [0, 0.1) is 13.8 Å². The first kappa shape index (κ1) is 27.4. The van der Waals surface area contributed by atoms with Crippen molar-refractivity contribution in [2.24, 2.45) is 7.05 Å². The number of ether oxygens (including phenoxy) is 3. The zero-order valence-corrected chi connectivity index (χ0v) is 23.2. The maximum atomic E-state index is 12.9. The molecular formula is C29H38N4O5. The summed E-state index contributed by atoms with van der Waals surface area (Å²) in [6.07, 6.45) is 3.83. The molecule has 0 spiro atoms. The maximum Gasteiger partial charge on any atom is 0.410 e. The molecule has 1 saturated carbocycles. The van der Waals surface area contributed by atoms with E-state index in [0.29, 0.717) is 18.9 Å². The highest BCUT2D eigenvalue weighted by molar-refractivity contribution is 5.86. The first-order valence-corrected chi connectivity index (χ1v) is 13.3. The topological polar surface area (TPSA) is 95.8 Å². The van der Waals surface area contributed by atoms with Gasteiger partial charge in [0.25, 0.3) is 0 Å². The Labute approximate surface area is 224 Å². The van der Waals surface area contributed by atoms with E-state index in [1.165, 1.54) is 0 Å². The van der Waals surface area contributed by atoms with Crippen LogP contribution in [-0.2, 0) is 27.9 Å². The summed E-state index contributed by atoms with van der Waals surface area (Å²) in [5, 5.41) is 8.58. The van der Waals surface area contributed by atoms with Gasteiger partial charge in [0.05, 0.1) is 20.1 Å². The fraction of sp³-hybridized carbons (Fsp3) is 0.517. The third-order valence-electron chi connectivity index (χ3n) is 7.37. The summed E-state index contributed by atoms with van der Waals surface area (Å²) >= 11 is 0. The number of benzene rings is 2. The molecular weight excluding hydrogens is 484 g/mol. The van der Waals surface area contributed by atoms with Crippen molar-refractivity contribution in [3.63, 3.8) is 0 Å². The number of amides is 1. The van der Waals surface area contributed by atoms with Gasteiger partial charge in [0.1, 0.15) is 22.9 Å². The summed E-state index contributed by atoms with van der Waals surface area (Å²) in [5.41, 5.74) is 6.30. The number of methoxy groups -OCH3 is 1. The smallest absolute Gasteiger partial charge is 0.410 e. The van der Waals surface area contributed by atoms with Crippen LogP contribution in [0.2, 0.25) is 0 Å². The monoisotopic (exact) mass is 522 g/mol. The largest absolute Gasteiger partial charge is 0.494 e. The van der Waals surface area contributed by atoms with Gasteiger partial charge < -0.3 is 19.1 Å². The Hall–Kier alpha value is -3.62. The number of rotatable bonds is 9. The van der Waals surface area contributed by atoms with E-state index in [2.05, 4.69) is 16.4 Å². The lowest BCUT2D eigenvalue weighted by Gasteiger charge is -2.26. The average molecular weight is 523 g/mol. The van der Waals surface area contributed by atoms with Crippen LogP contribution in [0.5, 0.6) is 5.75 Å². The number of hydrogen-bond acceptors (Lipinski definition) is 7. The Morgan fingerprint density at radius 3 is 2.58 bits per heavy atom. The highest BCUT2D eigenvalue weighted by atomic mass is 16.6. The molecule has 0 saturated heterocycles. The molecule has 1 aromatic heterocycles. The minimum atomic E-state index is -0.343. The molecule has 1 aliphatic carbocycles. The molecule has 1 aliphatic rings. The zero-order chi connectivity index (χ0) is 27.4. The maximum absolute atomic E-state index is 12.9.